The Kier molecular flexibility index (Phi) is 3.48. The van der Waals surface area contributed by atoms with Crippen LogP contribution in [-0.4, -0.2) is 43.3 Å². The molecule has 0 bridgehead atoms. The zero-order valence-electron chi connectivity index (χ0n) is 11.6. The Labute approximate surface area is 133 Å². The summed E-state index contributed by atoms with van der Waals surface area (Å²) in [5.74, 6) is -1.27. The van der Waals surface area contributed by atoms with E-state index >= 15 is 0 Å². The van der Waals surface area contributed by atoms with Gasteiger partial charge in [0.15, 0.2) is 0 Å². The molecule has 0 unspecified atom stereocenters. The van der Waals surface area contributed by atoms with Gasteiger partial charge in [-0.2, -0.15) is 0 Å². The van der Waals surface area contributed by atoms with Crippen LogP contribution in [0.2, 0.25) is 10.0 Å². The highest BCUT2D eigenvalue weighted by atomic mass is 35.5. The zero-order valence-corrected chi connectivity index (χ0v) is 13.1. The van der Waals surface area contributed by atoms with Crippen molar-refractivity contribution >= 4 is 34.8 Å². The van der Waals surface area contributed by atoms with Crippen LogP contribution in [-0.2, 0) is 0 Å². The number of hydrogen-bond donors (Lipinski definition) is 1. The van der Waals surface area contributed by atoms with Crippen molar-refractivity contribution in [2.24, 2.45) is 0 Å². The van der Waals surface area contributed by atoms with Gasteiger partial charge in [0, 0.05) is 19.6 Å². The molecule has 110 valence electrons. The van der Waals surface area contributed by atoms with E-state index in [-0.39, 0.29) is 5.91 Å². The Morgan fingerprint density at radius 2 is 2.00 bits per heavy atom. The number of benzene rings is 1. The Balaban J connectivity index is 2.22. The minimum atomic E-state index is -0.969. The predicted molar refractivity (Wildman–Crippen MR) is 84.4 cm³/mol. The van der Waals surface area contributed by atoms with Crippen LogP contribution in [0.3, 0.4) is 0 Å². The highest BCUT2D eigenvalue weighted by molar-refractivity contribution is 6.39. The van der Waals surface area contributed by atoms with E-state index in [1.807, 2.05) is 11.9 Å². The van der Waals surface area contributed by atoms with Crippen LogP contribution in [0.4, 0.5) is 5.69 Å². The highest BCUT2D eigenvalue weighted by Gasteiger charge is 2.55. The van der Waals surface area contributed by atoms with Gasteiger partial charge in [0.1, 0.15) is 0 Å². The fourth-order valence-electron chi connectivity index (χ4n) is 2.91. The zero-order chi connectivity index (χ0) is 15.2. The van der Waals surface area contributed by atoms with Crippen LogP contribution < -0.4 is 10.2 Å². The van der Waals surface area contributed by atoms with Gasteiger partial charge in [-0.05, 0) is 24.0 Å². The standard InChI is InChI=1S/C14H14Cl2N4O/c1-17-14-5-6-19(2)7-8-20(14)12-10(16)4-3-9(15)11(12)13(21)18-14/h1,3-4H,5-8H2,2H3/p+1/t14-/m1/s1. The average molecular weight is 326 g/mol. The molecule has 5 nitrogen and oxygen atoms in total. The molecule has 2 aliphatic rings. The first kappa shape index (κ1) is 14.5. The molecule has 2 heterocycles. The molecule has 2 aliphatic heterocycles. The lowest BCUT2D eigenvalue weighted by Crippen LogP contribution is -2.62. The van der Waals surface area contributed by atoms with Crippen molar-refractivity contribution in [3.63, 3.8) is 0 Å². The number of anilines is 1. The second kappa shape index (κ2) is 5.06. The van der Waals surface area contributed by atoms with Gasteiger partial charge in [0.05, 0.1) is 27.7 Å². The number of nitrogens with zero attached hydrogens (tertiary/aromatic N) is 3. The molecule has 3 rings (SSSR count). The van der Waals surface area contributed by atoms with E-state index < -0.39 is 5.79 Å². The topological polar surface area (TPSA) is 39.9 Å². The molecule has 21 heavy (non-hydrogen) atoms. The Bertz CT molecular complexity index is 657. The Morgan fingerprint density at radius 3 is 2.71 bits per heavy atom. The van der Waals surface area contributed by atoms with Gasteiger partial charge in [-0.3, -0.25) is 15.0 Å². The van der Waals surface area contributed by atoms with E-state index in [0.717, 1.165) is 13.1 Å². The van der Waals surface area contributed by atoms with Crippen LogP contribution >= 0.6 is 23.2 Å². The lowest BCUT2D eigenvalue weighted by atomic mass is 10.0. The summed E-state index contributed by atoms with van der Waals surface area (Å²) in [7, 11) is 2.02. The van der Waals surface area contributed by atoms with Crippen molar-refractivity contribution < 1.29 is 4.79 Å². The maximum Gasteiger partial charge on any atom is 0.438 e. The average Bonchev–Trinajstić information content (AvgIpc) is 2.62. The summed E-state index contributed by atoms with van der Waals surface area (Å²) in [6, 6.07) is 3.32. The Morgan fingerprint density at radius 1 is 1.29 bits per heavy atom. The summed E-state index contributed by atoms with van der Waals surface area (Å²) in [5, 5.41) is 3.74. The summed E-state index contributed by atoms with van der Waals surface area (Å²) in [6.45, 7) is 7.87. The molecule has 0 aromatic heterocycles. The number of halogens is 2. The molecule has 1 N–H and O–H groups in total. The quantitative estimate of drug-likeness (QED) is 0.796. The minimum absolute atomic E-state index is 0.299. The third-order valence-corrected chi connectivity index (χ3v) is 4.72. The first-order valence-electron chi connectivity index (χ1n) is 6.67. The van der Waals surface area contributed by atoms with E-state index in [1.165, 1.54) is 0 Å². The maximum atomic E-state index is 12.5. The first-order chi connectivity index (χ1) is 9.98. The van der Waals surface area contributed by atoms with Crippen LogP contribution in [0, 0.1) is 6.57 Å². The SMILES string of the molecule is C#[N+][C@@]12CCN(C)CCN1c1c(Cl)ccc(Cl)c1C(=O)N2. The summed E-state index contributed by atoms with van der Waals surface area (Å²) >= 11 is 12.5. The van der Waals surface area contributed by atoms with Crippen molar-refractivity contribution in [2.75, 3.05) is 31.6 Å². The molecule has 0 aliphatic carbocycles. The molecule has 1 aromatic carbocycles. The minimum Gasteiger partial charge on any atom is -0.304 e. The molecule has 1 saturated heterocycles. The number of amides is 1. The van der Waals surface area contributed by atoms with Crippen LogP contribution in [0.25, 0.3) is 4.85 Å². The molecule has 0 radical (unpaired) electrons. The van der Waals surface area contributed by atoms with Crippen molar-refractivity contribution in [2.45, 2.75) is 12.2 Å². The van der Waals surface area contributed by atoms with Gasteiger partial charge in [0.2, 0.25) is 0 Å². The van der Waals surface area contributed by atoms with Gasteiger partial charge < -0.3 is 4.90 Å². The number of hydrogen-bond acceptors (Lipinski definition) is 3. The summed E-state index contributed by atoms with van der Waals surface area (Å²) in [4.78, 5) is 20.6. The number of carbonyl (C=O) groups is 1. The van der Waals surface area contributed by atoms with Crippen molar-refractivity contribution in [3.8, 4) is 6.57 Å². The fraction of sp³-hybridized carbons (Fsp3) is 0.429. The summed E-state index contributed by atoms with van der Waals surface area (Å²) < 4.78 is 0. The second-order valence-electron chi connectivity index (χ2n) is 5.36. The summed E-state index contributed by atoms with van der Waals surface area (Å²) in [6.07, 6.45) is 0.577. The molecule has 0 saturated carbocycles. The third kappa shape index (κ3) is 2.15. The molecular weight excluding hydrogens is 311 g/mol. The van der Waals surface area contributed by atoms with Crippen LogP contribution in [0.15, 0.2) is 12.1 Å². The van der Waals surface area contributed by atoms with Gasteiger partial charge in [-0.1, -0.05) is 23.2 Å². The van der Waals surface area contributed by atoms with Crippen molar-refractivity contribution in [3.05, 3.63) is 32.6 Å². The molecule has 1 fully saturated rings. The fourth-order valence-corrected chi connectivity index (χ4v) is 3.41. The lowest BCUT2D eigenvalue weighted by Gasteiger charge is -2.37. The van der Waals surface area contributed by atoms with Gasteiger partial charge in [0.25, 0.3) is 12.5 Å². The van der Waals surface area contributed by atoms with E-state index in [1.54, 1.807) is 12.1 Å². The van der Waals surface area contributed by atoms with E-state index in [0.29, 0.717) is 34.3 Å². The largest absolute Gasteiger partial charge is 0.438 e. The number of nitrogens with one attached hydrogen (secondary N) is 1. The number of likely N-dealkylation sites (N-methyl/N-ethyl adjacent to an activating group) is 1. The second-order valence-corrected chi connectivity index (χ2v) is 6.17. The summed E-state index contributed by atoms with van der Waals surface area (Å²) in [5.41, 5.74) is 0.991. The van der Waals surface area contributed by atoms with Gasteiger partial charge in [-0.15, -0.1) is 0 Å². The van der Waals surface area contributed by atoms with Crippen molar-refractivity contribution in [1.82, 2.24) is 10.2 Å². The van der Waals surface area contributed by atoms with Gasteiger partial charge >= 0.3 is 5.79 Å². The van der Waals surface area contributed by atoms with E-state index in [2.05, 4.69) is 15.1 Å². The molecule has 1 atom stereocenters. The molecule has 0 spiro atoms. The molecule has 1 amide bonds. The monoisotopic (exact) mass is 325 g/mol. The normalized spacial score (nSPS) is 25.4. The maximum absolute atomic E-state index is 12.5. The molecule has 1 aromatic rings. The third-order valence-electron chi connectivity index (χ3n) is 4.10. The number of rotatable bonds is 0. The Hall–Kier alpha value is -1.48. The number of fused-ring (bicyclic) bond motifs is 3. The number of carbonyl (C=O) groups excluding carboxylic acids is 1. The highest BCUT2D eigenvalue weighted by Crippen LogP contribution is 2.42. The van der Waals surface area contributed by atoms with Crippen LogP contribution in [0.5, 0.6) is 0 Å². The van der Waals surface area contributed by atoms with Gasteiger partial charge in [-0.25, -0.2) is 0 Å². The smallest absolute Gasteiger partial charge is 0.304 e. The van der Waals surface area contributed by atoms with E-state index in [9.17, 15) is 4.79 Å². The molecule has 7 heteroatoms. The predicted octanol–water partition coefficient (Wildman–Crippen LogP) is 2.50. The van der Waals surface area contributed by atoms with E-state index in [4.69, 9.17) is 29.8 Å². The van der Waals surface area contributed by atoms with Crippen LogP contribution in [0.1, 0.15) is 16.8 Å². The first-order valence-corrected chi connectivity index (χ1v) is 7.43. The van der Waals surface area contributed by atoms with Crippen molar-refractivity contribution in [1.29, 1.82) is 0 Å². The molecular formula is C14H15Cl2N4O+. The lowest BCUT2D eigenvalue weighted by molar-refractivity contribution is 0.0899.